The van der Waals surface area contributed by atoms with Gasteiger partial charge < -0.3 is 4.74 Å². The van der Waals surface area contributed by atoms with Gasteiger partial charge in [-0.3, -0.25) is 9.78 Å². The average Bonchev–Trinajstić information content (AvgIpc) is 2.54. The molecule has 0 amide bonds. The second-order valence-electron chi connectivity index (χ2n) is 5.01. The third-order valence-corrected chi connectivity index (χ3v) is 3.38. The van der Waals surface area contributed by atoms with E-state index in [2.05, 4.69) is 20.5 Å². The molecule has 1 heterocycles. The molecule has 6 heteroatoms. The number of hydrogen-bond donors (Lipinski definition) is 2. The summed E-state index contributed by atoms with van der Waals surface area (Å²) in [6.45, 7) is 1.75. The van der Waals surface area contributed by atoms with Crippen LogP contribution >= 0.6 is 0 Å². The summed E-state index contributed by atoms with van der Waals surface area (Å²) >= 11 is 0. The second kappa shape index (κ2) is 6.31. The van der Waals surface area contributed by atoms with Gasteiger partial charge in [0.15, 0.2) is 0 Å². The maximum absolute atomic E-state index is 11.4. The van der Waals surface area contributed by atoms with Gasteiger partial charge in [0.25, 0.3) is 5.56 Å². The zero-order valence-electron chi connectivity index (χ0n) is 12.8. The van der Waals surface area contributed by atoms with Gasteiger partial charge >= 0.3 is 0 Å². The molecule has 3 rings (SSSR count). The van der Waals surface area contributed by atoms with Crippen molar-refractivity contribution >= 4 is 22.9 Å². The van der Waals surface area contributed by atoms with Crippen LogP contribution in [0.15, 0.2) is 52.4 Å². The van der Waals surface area contributed by atoms with Crippen molar-refractivity contribution < 1.29 is 4.74 Å². The van der Waals surface area contributed by atoms with Crippen LogP contribution in [0.4, 0.5) is 5.95 Å². The maximum Gasteiger partial charge on any atom is 0.252 e. The monoisotopic (exact) mass is 308 g/mol. The van der Waals surface area contributed by atoms with Crippen molar-refractivity contribution in [3.8, 4) is 5.75 Å². The van der Waals surface area contributed by atoms with Crippen LogP contribution in [0, 0.1) is 6.92 Å². The Kier molecular flexibility index (Phi) is 4.05. The lowest BCUT2D eigenvalue weighted by Crippen LogP contribution is -2.10. The number of hydrazone groups is 1. The standard InChI is InChI=1S/C17H16N4O2/c1-11-9-16(22)20-17(19-11)21-18-10-14-13-6-4-3-5-12(13)7-8-15(14)23-2/h3-10H,1-2H3,(H2,19,20,21,22). The van der Waals surface area contributed by atoms with Crippen LogP contribution in [0.3, 0.4) is 0 Å². The number of aryl methyl sites for hydroxylation is 1. The number of aromatic amines is 1. The number of benzene rings is 2. The highest BCUT2D eigenvalue weighted by Gasteiger charge is 2.05. The number of ether oxygens (including phenoxy) is 1. The molecule has 0 spiro atoms. The zero-order valence-corrected chi connectivity index (χ0v) is 12.8. The molecule has 0 aliphatic rings. The number of hydrogen-bond acceptors (Lipinski definition) is 5. The fraction of sp³-hybridized carbons (Fsp3) is 0.118. The smallest absolute Gasteiger partial charge is 0.252 e. The molecular formula is C17H16N4O2. The Morgan fingerprint density at radius 1 is 1.26 bits per heavy atom. The van der Waals surface area contributed by atoms with Crippen LogP contribution in [0.5, 0.6) is 5.75 Å². The van der Waals surface area contributed by atoms with Crippen LogP contribution in [0.2, 0.25) is 0 Å². The topological polar surface area (TPSA) is 79.4 Å². The molecule has 0 bridgehead atoms. The molecule has 1 aromatic heterocycles. The summed E-state index contributed by atoms with van der Waals surface area (Å²) in [7, 11) is 1.62. The average molecular weight is 308 g/mol. The first-order chi connectivity index (χ1) is 11.2. The van der Waals surface area contributed by atoms with Gasteiger partial charge in [-0.25, -0.2) is 10.4 Å². The molecule has 0 saturated carbocycles. The van der Waals surface area contributed by atoms with Gasteiger partial charge in [-0.05, 0) is 23.8 Å². The SMILES string of the molecule is COc1ccc2ccccc2c1C=NNc1nc(C)cc(=O)[nH]1. The fourth-order valence-corrected chi connectivity index (χ4v) is 2.38. The lowest BCUT2D eigenvalue weighted by atomic mass is 10.0. The summed E-state index contributed by atoms with van der Waals surface area (Å²) in [5.41, 5.74) is 3.99. The first-order valence-corrected chi connectivity index (χ1v) is 7.10. The molecule has 2 N–H and O–H groups in total. The minimum Gasteiger partial charge on any atom is -0.496 e. The molecule has 0 saturated heterocycles. The number of rotatable bonds is 4. The highest BCUT2D eigenvalue weighted by Crippen LogP contribution is 2.26. The third kappa shape index (κ3) is 3.21. The molecule has 0 radical (unpaired) electrons. The molecule has 0 fully saturated rings. The number of aromatic nitrogens is 2. The van der Waals surface area contributed by atoms with Gasteiger partial charge in [0.2, 0.25) is 5.95 Å². The molecule has 116 valence electrons. The van der Waals surface area contributed by atoms with E-state index >= 15 is 0 Å². The Morgan fingerprint density at radius 2 is 2.09 bits per heavy atom. The number of nitrogens with zero attached hydrogens (tertiary/aromatic N) is 2. The van der Waals surface area contributed by atoms with Gasteiger partial charge in [0.05, 0.1) is 13.3 Å². The van der Waals surface area contributed by atoms with Crippen molar-refractivity contribution in [1.29, 1.82) is 0 Å². The quantitative estimate of drug-likeness (QED) is 0.573. The molecule has 0 unspecified atom stereocenters. The van der Waals surface area contributed by atoms with Crippen molar-refractivity contribution in [2.75, 3.05) is 12.5 Å². The first kappa shape index (κ1) is 14.8. The molecular weight excluding hydrogens is 292 g/mol. The van der Waals surface area contributed by atoms with Crippen LogP contribution in [-0.2, 0) is 0 Å². The number of methoxy groups -OCH3 is 1. The van der Waals surface area contributed by atoms with E-state index in [1.165, 1.54) is 6.07 Å². The van der Waals surface area contributed by atoms with E-state index in [-0.39, 0.29) is 5.56 Å². The van der Waals surface area contributed by atoms with Crippen molar-refractivity contribution in [2.45, 2.75) is 6.92 Å². The zero-order chi connectivity index (χ0) is 16.2. The molecule has 6 nitrogen and oxygen atoms in total. The molecule has 0 atom stereocenters. The summed E-state index contributed by atoms with van der Waals surface area (Å²) in [5, 5.41) is 6.29. The Balaban J connectivity index is 1.95. The normalized spacial score (nSPS) is 11.0. The maximum atomic E-state index is 11.4. The molecule has 2 aromatic carbocycles. The number of nitrogens with one attached hydrogen (secondary N) is 2. The lowest BCUT2D eigenvalue weighted by Gasteiger charge is -2.08. The van der Waals surface area contributed by atoms with Gasteiger partial charge in [-0.1, -0.05) is 30.3 Å². The Morgan fingerprint density at radius 3 is 2.87 bits per heavy atom. The summed E-state index contributed by atoms with van der Waals surface area (Å²) < 4.78 is 5.40. The van der Waals surface area contributed by atoms with E-state index in [4.69, 9.17) is 4.74 Å². The highest BCUT2D eigenvalue weighted by molar-refractivity contribution is 6.02. The molecule has 3 aromatic rings. The summed E-state index contributed by atoms with van der Waals surface area (Å²) in [6, 6.07) is 13.3. The summed E-state index contributed by atoms with van der Waals surface area (Å²) in [4.78, 5) is 18.1. The van der Waals surface area contributed by atoms with Crippen molar-refractivity contribution in [2.24, 2.45) is 5.10 Å². The van der Waals surface area contributed by atoms with E-state index < -0.39 is 0 Å². The van der Waals surface area contributed by atoms with Gasteiger partial charge in [-0.15, -0.1) is 0 Å². The first-order valence-electron chi connectivity index (χ1n) is 7.10. The number of fused-ring (bicyclic) bond motifs is 1. The predicted molar refractivity (Wildman–Crippen MR) is 91.3 cm³/mol. The van der Waals surface area contributed by atoms with Crippen molar-refractivity contribution in [1.82, 2.24) is 9.97 Å². The predicted octanol–water partition coefficient (Wildman–Crippen LogP) is 2.69. The van der Waals surface area contributed by atoms with Crippen LogP contribution in [-0.4, -0.2) is 23.3 Å². The van der Waals surface area contributed by atoms with Crippen LogP contribution in [0.25, 0.3) is 10.8 Å². The molecule has 0 aliphatic heterocycles. The van der Waals surface area contributed by atoms with E-state index in [0.29, 0.717) is 11.6 Å². The largest absolute Gasteiger partial charge is 0.496 e. The molecule has 0 aliphatic carbocycles. The van der Waals surface area contributed by atoms with Crippen LogP contribution in [0.1, 0.15) is 11.3 Å². The number of H-pyrrole nitrogens is 1. The van der Waals surface area contributed by atoms with Crippen molar-refractivity contribution in [3.05, 3.63) is 64.1 Å². The van der Waals surface area contributed by atoms with Crippen molar-refractivity contribution in [3.63, 3.8) is 0 Å². The minimum absolute atomic E-state index is 0.224. The van der Waals surface area contributed by atoms with E-state index in [0.717, 1.165) is 22.1 Å². The van der Waals surface area contributed by atoms with Gasteiger partial charge in [-0.2, -0.15) is 5.10 Å². The highest BCUT2D eigenvalue weighted by atomic mass is 16.5. The fourth-order valence-electron chi connectivity index (χ4n) is 2.38. The molecule has 23 heavy (non-hydrogen) atoms. The van der Waals surface area contributed by atoms with Crippen LogP contribution < -0.4 is 15.7 Å². The summed E-state index contributed by atoms with van der Waals surface area (Å²) in [6.07, 6.45) is 1.66. The Hall–Kier alpha value is -3.15. The Labute approximate surface area is 132 Å². The van der Waals surface area contributed by atoms with Gasteiger partial charge in [0.1, 0.15) is 5.75 Å². The third-order valence-electron chi connectivity index (χ3n) is 3.38. The minimum atomic E-state index is -0.224. The lowest BCUT2D eigenvalue weighted by molar-refractivity contribution is 0.415. The summed E-state index contributed by atoms with van der Waals surface area (Å²) in [5.74, 6) is 1.02. The second-order valence-corrected chi connectivity index (χ2v) is 5.01. The number of anilines is 1. The van der Waals surface area contributed by atoms with E-state index in [1.807, 2.05) is 36.4 Å². The van der Waals surface area contributed by atoms with E-state index in [9.17, 15) is 4.79 Å². The Bertz CT molecular complexity index is 931. The van der Waals surface area contributed by atoms with Gasteiger partial charge in [0, 0.05) is 17.3 Å². The van der Waals surface area contributed by atoms with E-state index in [1.54, 1.807) is 20.2 Å².